The second-order valence-electron chi connectivity index (χ2n) is 6.85. The number of pyridine rings is 1. The molecule has 1 heterocycles. The number of aromatic nitrogens is 1. The summed E-state index contributed by atoms with van der Waals surface area (Å²) in [6.45, 7) is 2.38. The molecule has 1 aliphatic carbocycles. The van der Waals surface area contributed by atoms with Crippen molar-refractivity contribution in [2.24, 2.45) is 0 Å². The third kappa shape index (κ3) is 3.33. The van der Waals surface area contributed by atoms with Crippen LogP contribution in [0.2, 0.25) is 0 Å². The molecule has 2 aromatic carbocycles. The van der Waals surface area contributed by atoms with Crippen LogP contribution in [0.5, 0.6) is 0 Å². The molecular weight excluding hydrogens is 324 g/mol. The molecule has 1 aliphatic rings. The summed E-state index contributed by atoms with van der Waals surface area (Å²) in [7, 11) is 0. The molecule has 0 saturated heterocycles. The largest absolute Gasteiger partial charge is 0.275 e. The Hall–Kier alpha value is -2.72. The fourth-order valence-electron chi connectivity index (χ4n) is 3.61. The molecule has 3 aromatic rings. The molecular formula is C22H22N2O2. The number of rotatable bonds is 4. The van der Waals surface area contributed by atoms with E-state index in [0.29, 0.717) is 6.61 Å². The van der Waals surface area contributed by atoms with Gasteiger partial charge in [-0.2, -0.15) is 0 Å². The van der Waals surface area contributed by atoms with Crippen LogP contribution in [0, 0.1) is 6.92 Å². The SMILES string of the molecule is Cc1ccc2nc3c(c(C(=O)NOCc4ccccc4)c2c1)CCCC3. The summed E-state index contributed by atoms with van der Waals surface area (Å²) < 4.78 is 0. The molecule has 0 fully saturated rings. The van der Waals surface area contributed by atoms with Crippen molar-refractivity contribution in [3.63, 3.8) is 0 Å². The van der Waals surface area contributed by atoms with E-state index in [0.717, 1.165) is 64.5 Å². The van der Waals surface area contributed by atoms with Gasteiger partial charge in [-0.15, -0.1) is 0 Å². The third-order valence-corrected chi connectivity index (χ3v) is 4.89. The van der Waals surface area contributed by atoms with Gasteiger partial charge in [-0.3, -0.25) is 14.6 Å². The summed E-state index contributed by atoms with van der Waals surface area (Å²) in [4.78, 5) is 23.3. The van der Waals surface area contributed by atoms with E-state index >= 15 is 0 Å². The molecule has 0 atom stereocenters. The molecule has 4 heteroatoms. The number of benzene rings is 2. The predicted molar refractivity (Wildman–Crippen MR) is 102 cm³/mol. The number of nitrogens with zero attached hydrogens (tertiary/aromatic N) is 1. The van der Waals surface area contributed by atoms with Gasteiger partial charge in [-0.05, 0) is 55.9 Å². The summed E-state index contributed by atoms with van der Waals surface area (Å²) in [5.74, 6) is -0.183. The molecule has 0 unspecified atom stereocenters. The van der Waals surface area contributed by atoms with Gasteiger partial charge in [0.2, 0.25) is 0 Å². The van der Waals surface area contributed by atoms with Gasteiger partial charge in [0.15, 0.2) is 0 Å². The van der Waals surface area contributed by atoms with Gasteiger partial charge in [0.25, 0.3) is 5.91 Å². The Morgan fingerprint density at radius 2 is 1.92 bits per heavy atom. The monoisotopic (exact) mass is 346 g/mol. The Morgan fingerprint density at radius 1 is 1.12 bits per heavy atom. The van der Waals surface area contributed by atoms with Crippen molar-refractivity contribution < 1.29 is 9.63 Å². The maximum atomic E-state index is 13.0. The maximum Gasteiger partial charge on any atom is 0.275 e. The lowest BCUT2D eigenvalue weighted by Gasteiger charge is -2.20. The lowest BCUT2D eigenvalue weighted by Crippen LogP contribution is -2.26. The zero-order valence-corrected chi connectivity index (χ0v) is 14.9. The first-order valence-electron chi connectivity index (χ1n) is 9.10. The fraction of sp³-hybridized carbons (Fsp3) is 0.273. The lowest BCUT2D eigenvalue weighted by molar-refractivity contribution is 0.0234. The van der Waals surface area contributed by atoms with Gasteiger partial charge in [0.1, 0.15) is 0 Å². The summed E-state index contributed by atoms with van der Waals surface area (Å²) >= 11 is 0. The average molecular weight is 346 g/mol. The first-order valence-corrected chi connectivity index (χ1v) is 9.10. The first-order chi connectivity index (χ1) is 12.7. The summed E-state index contributed by atoms with van der Waals surface area (Å²) in [5.41, 5.74) is 8.52. The van der Waals surface area contributed by atoms with Gasteiger partial charge in [0, 0.05) is 11.1 Å². The highest BCUT2D eigenvalue weighted by Crippen LogP contribution is 2.29. The second kappa shape index (κ2) is 7.26. The van der Waals surface area contributed by atoms with E-state index in [1.165, 1.54) is 0 Å². The van der Waals surface area contributed by atoms with Gasteiger partial charge in [0.05, 0.1) is 17.7 Å². The zero-order chi connectivity index (χ0) is 17.9. The van der Waals surface area contributed by atoms with Crippen LogP contribution in [0.3, 0.4) is 0 Å². The zero-order valence-electron chi connectivity index (χ0n) is 14.9. The van der Waals surface area contributed by atoms with Crippen LogP contribution in [0.25, 0.3) is 10.9 Å². The Labute approximate surface area is 153 Å². The highest BCUT2D eigenvalue weighted by atomic mass is 16.6. The highest BCUT2D eigenvalue weighted by Gasteiger charge is 2.22. The van der Waals surface area contributed by atoms with Crippen LogP contribution in [0.15, 0.2) is 48.5 Å². The minimum Gasteiger partial charge on any atom is -0.269 e. The van der Waals surface area contributed by atoms with Crippen molar-refractivity contribution in [3.05, 3.63) is 76.5 Å². The van der Waals surface area contributed by atoms with Crippen LogP contribution in [0.1, 0.15) is 45.6 Å². The smallest absolute Gasteiger partial charge is 0.269 e. The number of carbonyl (C=O) groups is 1. The van der Waals surface area contributed by atoms with Crippen LogP contribution < -0.4 is 5.48 Å². The molecule has 0 aliphatic heterocycles. The molecule has 4 rings (SSSR count). The maximum absolute atomic E-state index is 13.0. The van der Waals surface area contributed by atoms with Gasteiger partial charge >= 0.3 is 0 Å². The van der Waals surface area contributed by atoms with Crippen LogP contribution >= 0.6 is 0 Å². The summed E-state index contributed by atoms with van der Waals surface area (Å²) in [5, 5.41) is 0.909. The average Bonchev–Trinajstić information content (AvgIpc) is 2.67. The number of aryl methyl sites for hydroxylation is 2. The van der Waals surface area contributed by atoms with Gasteiger partial charge in [-0.25, -0.2) is 5.48 Å². The van der Waals surface area contributed by atoms with Crippen molar-refractivity contribution in [3.8, 4) is 0 Å². The Kier molecular flexibility index (Phi) is 4.67. The molecule has 1 amide bonds. The summed E-state index contributed by atoms with van der Waals surface area (Å²) in [6.07, 6.45) is 4.05. The van der Waals surface area contributed by atoms with E-state index in [1.54, 1.807) is 0 Å². The molecule has 0 saturated carbocycles. The van der Waals surface area contributed by atoms with Crippen molar-refractivity contribution in [1.82, 2.24) is 10.5 Å². The molecule has 1 aromatic heterocycles. The first kappa shape index (κ1) is 16.7. The molecule has 0 spiro atoms. The van der Waals surface area contributed by atoms with Crippen LogP contribution in [0.4, 0.5) is 0 Å². The Bertz CT molecular complexity index is 951. The molecule has 1 N–H and O–H groups in total. The minimum atomic E-state index is -0.183. The summed E-state index contributed by atoms with van der Waals surface area (Å²) in [6, 6.07) is 15.9. The number of carbonyl (C=O) groups excluding carboxylic acids is 1. The van der Waals surface area contributed by atoms with E-state index < -0.39 is 0 Å². The number of hydrogen-bond donors (Lipinski definition) is 1. The van der Waals surface area contributed by atoms with E-state index in [4.69, 9.17) is 9.82 Å². The number of hydroxylamine groups is 1. The van der Waals surface area contributed by atoms with E-state index in [1.807, 2.05) is 55.5 Å². The number of amides is 1. The number of fused-ring (bicyclic) bond motifs is 2. The lowest BCUT2D eigenvalue weighted by atomic mass is 9.89. The van der Waals surface area contributed by atoms with Crippen molar-refractivity contribution in [2.75, 3.05) is 0 Å². The van der Waals surface area contributed by atoms with Crippen LogP contribution in [-0.4, -0.2) is 10.9 Å². The van der Waals surface area contributed by atoms with Crippen molar-refractivity contribution >= 4 is 16.8 Å². The number of hydrogen-bond acceptors (Lipinski definition) is 3. The topological polar surface area (TPSA) is 51.2 Å². The molecule has 0 radical (unpaired) electrons. The fourth-order valence-corrected chi connectivity index (χ4v) is 3.61. The quantitative estimate of drug-likeness (QED) is 0.717. The molecule has 0 bridgehead atoms. The van der Waals surface area contributed by atoms with E-state index in [9.17, 15) is 4.79 Å². The Balaban J connectivity index is 1.65. The van der Waals surface area contributed by atoms with E-state index in [-0.39, 0.29) is 5.91 Å². The minimum absolute atomic E-state index is 0.183. The van der Waals surface area contributed by atoms with Gasteiger partial charge in [-0.1, -0.05) is 42.0 Å². The number of nitrogens with one attached hydrogen (secondary N) is 1. The third-order valence-electron chi connectivity index (χ3n) is 4.89. The molecule has 4 nitrogen and oxygen atoms in total. The second-order valence-corrected chi connectivity index (χ2v) is 6.85. The van der Waals surface area contributed by atoms with Gasteiger partial charge < -0.3 is 0 Å². The standard InChI is InChI=1S/C22H22N2O2/c1-15-11-12-20-18(13-15)21(17-9-5-6-10-19(17)23-20)22(25)24-26-14-16-7-3-2-4-8-16/h2-4,7-8,11-13H,5-6,9-10,14H2,1H3,(H,24,25). The normalized spacial score (nSPS) is 13.4. The van der Waals surface area contributed by atoms with Crippen molar-refractivity contribution in [1.29, 1.82) is 0 Å². The highest BCUT2D eigenvalue weighted by molar-refractivity contribution is 6.07. The van der Waals surface area contributed by atoms with Crippen molar-refractivity contribution in [2.45, 2.75) is 39.2 Å². The van der Waals surface area contributed by atoms with E-state index in [2.05, 4.69) is 5.48 Å². The predicted octanol–water partition coefficient (Wildman–Crippen LogP) is 4.28. The molecule has 132 valence electrons. The van der Waals surface area contributed by atoms with Crippen LogP contribution in [-0.2, 0) is 24.3 Å². The Morgan fingerprint density at radius 3 is 2.77 bits per heavy atom. The molecule has 26 heavy (non-hydrogen) atoms.